The fourth-order valence-corrected chi connectivity index (χ4v) is 5.04. The summed E-state index contributed by atoms with van der Waals surface area (Å²) in [4.78, 5) is 16.5. The lowest BCUT2D eigenvalue weighted by Crippen LogP contribution is -1.78. The summed E-state index contributed by atoms with van der Waals surface area (Å²) in [5.74, 6) is -0.955. The minimum absolute atomic E-state index is 0.955. The third-order valence-corrected chi connectivity index (χ3v) is 5.06. The van der Waals surface area contributed by atoms with Crippen molar-refractivity contribution in [1.29, 1.82) is 0 Å². The zero-order valence-corrected chi connectivity index (χ0v) is 7.37. The largest absolute Gasteiger partial charge is 0.333 e. The summed E-state index contributed by atoms with van der Waals surface area (Å²) in [6.45, 7) is -7.92. The lowest BCUT2D eigenvalue weighted by molar-refractivity contribution is 0.485. The lowest BCUT2D eigenvalue weighted by atomic mass is 11.9. The molecular formula is CH4Cl2O4P2. The minimum atomic E-state index is -3.96. The van der Waals surface area contributed by atoms with Gasteiger partial charge in [0.15, 0.2) is 0 Å². The van der Waals surface area contributed by atoms with Crippen LogP contribution in [0, 0.1) is 0 Å². The molecule has 0 fully saturated rings. The van der Waals surface area contributed by atoms with Crippen molar-refractivity contribution in [2.24, 2.45) is 0 Å². The van der Waals surface area contributed by atoms with Crippen LogP contribution in [-0.2, 0) is 9.13 Å². The molecule has 0 saturated carbocycles. The van der Waals surface area contributed by atoms with Crippen LogP contribution >= 0.6 is 35.9 Å². The molecule has 4 nitrogen and oxygen atoms in total. The first kappa shape index (κ1) is 9.96. The topological polar surface area (TPSA) is 74.6 Å². The molecule has 0 rings (SSSR count). The number of rotatable bonds is 2. The van der Waals surface area contributed by atoms with Crippen molar-refractivity contribution in [2.45, 2.75) is 0 Å². The second-order valence-corrected chi connectivity index (χ2v) is 8.14. The maximum absolute atomic E-state index is 10.1. The average molecular weight is 213 g/mol. The van der Waals surface area contributed by atoms with Gasteiger partial charge in [-0.2, -0.15) is 0 Å². The molecule has 0 aromatic rings. The first-order valence-corrected chi connectivity index (χ1v) is 7.24. The monoisotopic (exact) mass is 212 g/mol. The van der Waals surface area contributed by atoms with Crippen molar-refractivity contribution < 1.29 is 18.9 Å². The van der Waals surface area contributed by atoms with E-state index in [1.807, 2.05) is 0 Å². The van der Waals surface area contributed by atoms with E-state index in [1.165, 1.54) is 0 Å². The molecule has 0 heterocycles. The van der Waals surface area contributed by atoms with Crippen molar-refractivity contribution in [1.82, 2.24) is 0 Å². The molecule has 0 aliphatic carbocycles. The Morgan fingerprint density at radius 1 is 1.11 bits per heavy atom. The van der Waals surface area contributed by atoms with E-state index in [9.17, 15) is 9.13 Å². The molecule has 0 saturated heterocycles. The predicted octanol–water partition coefficient (Wildman–Crippen LogP) is 1.79. The van der Waals surface area contributed by atoms with Crippen LogP contribution in [0.25, 0.3) is 0 Å². The Kier molecular flexibility index (Phi) is 3.22. The van der Waals surface area contributed by atoms with Crippen molar-refractivity contribution in [3.8, 4) is 0 Å². The molecule has 0 aliphatic heterocycles. The maximum atomic E-state index is 10.1. The molecule has 0 aliphatic rings. The highest BCUT2D eigenvalue weighted by Gasteiger charge is 2.26. The molecular weight excluding hydrogens is 209 g/mol. The zero-order valence-electron chi connectivity index (χ0n) is 4.07. The van der Waals surface area contributed by atoms with E-state index >= 15 is 0 Å². The van der Waals surface area contributed by atoms with Crippen LogP contribution < -0.4 is 0 Å². The Morgan fingerprint density at radius 2 is 1.33 bits per heavy atom. The van der Waals surface area contributed by atoms with E-state index in [4.69, 9.17) is 32.3 Å². The molecule has 56 valence electrons. The van der Waals surface area contributed by atoms with Gasteiger partial charge in [-0.1, -0.05) is 0 Å². The number of hydrogen-bond acceptors (Lipinski definition) is 2. The van der Waals surface area contributed by atoms with Gasteiger partial charge in [-0.3, -0.25) is 9.13 Å². The summed E-state index contributed by atoms with van der Waals surface area (Å²) < 4.78 is 20.3. The van der Waals surface area contributed by atoms with Gasteiger partial charge in [-0.15, -0.1) is 0 Å². The highest BCUT2D eigenvalue weighted by Crippen LogP contribution is 2.62. The number of halogens is 2. The summed E-state index contributed by atoms with van der Waals surface area (Å²) in [7, 11) is 0. The second-order valence-electron chi connectivity index (χ2n) is 1.37. The standard InChI is InChI=1S/CH4Cl2O4P2/c2-8(4,5)1-9(3,6)7/h1H2,(H,4,5)(H,6,7). The first-order chi connectivity index (χ1) is 3.71. The third kappa shape index (κ3) is 8.96. The Morgan fingerprint density at radius 3 is 1.33 bits per heavy atom. The van der Waals surface area contributed by atoms with Crippen LogP contribution in [0.5, 0.6) is 0 Å². The summed E-state index contributed by atoms with van der Waals surface area (Å²) >= 11 is 9.42. The third-order valence-electron chi connectivity index (χ3n) is 0.349. The quantitative estimate of drug-likeness (QED) is 0.685. The Balaban J connectivity index is 4.07. The molecule has 8 heteroatoms. The molecule has 9 heavy (non-hydrogen) atoms. The Labute approximate surface area is 61.3 Å². The van der Waals surface area contributed by atoms with Gasteiger partial charge in [0.05, 0.1) is 0 Å². The summed E-state index contributed by atoms with van der Waals surface area (Å²) in [5.41, 5.74) is 0. The van der Waals surface area contributed by atoms with E-state index in [2.05, 4.69) is 0 Å². The molecule has 0 spiro atoms. The molecule has 0 aromatic heterocycles. The van der Waals surface area contributed by atoms with Crippen LogP contribution in [-0.4, -0.2) is 15.7 Å². The van der Waals surface area contributed by atoms with Gasteiger partial charge in [0.25, 0.3) is 13.4 Å². The molecule has 2 N–H and O–H groups in total. The van der Waals surface area contributed by atoms with Gasteiger partial charge < -0.3 is 9.79 Å². The molecule has 0 aromatic carbocycles. The van der Waals surface area contributed by atoms with Gasteiger partial charge >= 0.3 is 0 Å². The second kappa shape index (κ2) is 2.91. The highest BCUT2D eigenvalue weighted by molar-refractivity contribution is 7.98. The predicted molar refractivity (Wildman–Crippen MR) is 36.2 cm³/mol. The van der Waals surface area contributed by atoms with Crippen molar-refractivity contribution in [3.05, 3.63) is 0 Å². The highest BCUT2D eigenvalue weighted by atomic mass is 35.7. The van der Waals surface area contributed by atoms with Crippen LogP contribution in [0.1, 0.15) is 0 Å². The summed E-state index contributed by atoms with van der Waals surface area (Å²) in [6.07, 6.45) is 0. The Bertz CT molecular complexity index is 157. The van der Waals surface area contributed by atoms with E-state index in [0.29, 0.717) is 0 Å². The van der Waals surface area contributed by atoms with Gasteiger partial charge in [0.2, 0.25) is 0 Å². The van der Waals surface area contributed by atoms with E-state index in [0.717, 1.165) is 0 Å². The maximum Gasteiger partial charge on any atom is 0.298 e. The molecule has 0 radical (unpaired) electrons. The van der Waals surface area contributed by atoms with Gasteiger partial charge in [0, 0.05) is 0 Å². The van der Waals surface area contributed by atoms with Crippen LogP contribution in [0.3, 0.4) is 0 Å². The smallest absolute Gasteiger partial charge is 0.298 e. The number of hydrogen-bond donors (Lipinski definition) is 2. The molecule has 2 atom stereocenters. The first-order valence-electron chi connectivity index (χ1n) is 1.74. The SMILES string of the molecule is O=P(O)(Cl)CP(=O)(O)Cl. The van der Waals surface area contributed by atoms with Crippen molar-refractivity contribution >= 4 is 35.9 Å². The minimum Gasteiger partial charge on any atom is -0.333 e. The Hall–Kier alpha value is 0.960. The van der Waals surface area contributed by atoms with E-state index in [1.54, 1.807) is 0 Å². The fourth-order valence-electron chi connectivity index (χ4n) is 0.215. The van der Waals surface area contributed by atoms with Gasteiger partial charge in [-0.25, -0.2) is 0 Å². The van der Waals surface area contributed by atoms with Crippen molar-refractivity contribution in [2.75, 3.05) is 5.90 Å². The van der Waals surface area contributed by atoms with Crippen LogP contribution in [0.4, 0.5) is 0 Å². The van der Waals surface area contributed by atoms with Crippen LogP contribution in [0.15, 0.2) is 0 Å². The summed E-state index contributed by atoms with van der Waals surface area (Å²) in [5, 5.41) is 0. The normalized spacial score (nSPS) is 24.4. The summed E-state index contributed by atoms with van der Waals surface area (Å²) in [6, 6.07) is 0. The molecule has 0 bridgehead atoms. The lowest BCUT2D eigenvalue weighted by Gasteiger charge is -2.01. The fraction of sp³-hybridized carbons (Fsp3) is 1.00. The molecule has 2 unspecified atom stereocenters. The van der Waals surface area contributed by atoms with E-state index in [-0.39, 0.29) is 0 Å². The van der Waals surface area contributed by atoms with Gasteiger partial charge in [0.1, 0.15) is 5.90 Å². The zero-order chi connectivity index (χ0) is 7.71. The average Bonchev–Trinajstić information content (AvgIpc) is 1.14. The van der Waals surface area contributed by atoms with Crippen molar-refractivity contribution in [3.63, 3.8) is 0 Å². The van der Waals surface area contributed by atoms with Crippen LogP contribution in [0.2, 0.25) is 0 Å². The molecule has 0 amide bonds. The van der Waals surface area contributed by atoms with E-state index < -0.39 is 19.3 Å². The van der Waals surface area contributed by atoms with Gasteiger partial charge in [-0.05, 0) is 22.5 Å².